The van der Waals surface area contributed by atoms with Gasteiger partial charge in [-0.05, 0) is 32.0 Å². The van der Waals surface area contributed by atoms with Crippen molar-refractivity contribution >= 4 is 11.7 Å². The summed E-state index contributed by atoms with van der Waals surface area (Å²) in [6.07, 6.45) is 0. The largest absolute Gasteiger partial charge is 0.457 e. The Labute approximate surface area is 93.8 Å². The number of nitrogens with zero attached hydrogens (tertiary/aromatic N) is 1. The molecule has 0 radical (unpaired) electrons. The number of hydrogen-bond donors (Lipinski definition) is 1. The summed E-state index contributed by atoms with van der Waals surface area (Å²) < 4.78 is 4.90. The number of esters is 1. The molecule has 0 amide bonds. The summed E-state index contributed by atoms with van der Waals surface area (Å²) in [5.74, 6) is -0.277. The van der Waals surface area contributed by atoms with Gasteiger partial charge in [0.2, 0.25) is 0 Å². The number of hydrogen-bond acceptors (Lipinski definition) is 4. The lowest BCUT2D eigenvalue weighted by atomic mass is 10.1. The molecule has 1 N–H and O–H groups in total. The molecule has 1 aromatic carbocycles. The quantitative estimate of drug-likeness (QED) is 0.769. The van der Waals surface area contributed by atoms with Crippen LogP contribution in [0.2, 0.25) is 0 Å². The van der Waals surface area contributed by atoms with Crippen LogP contribution >= 0.6 is 0 Å². The highest BCUT2D eigenvalue weighted by molar-refractivity contribution is 5.93. The van der Waals surface area contributed by atoms with E-state index in [1.807, 2.05) is 6.07 Å². The molecule has 0 spiro atoms. The van der Waals surface area contributed by atoms with Crippen LogP contribution in [0.15, 0.2) is 18.2 Å². The van der Waals surface area contributed by atoms with Gasteiger partial charge in [-0.25, -0.2) is 4.79 Å². The second-order valence-corrected chi connectivity index (χ2v) is 4.31. The lowest BCUT2D eigenvalue weighted by Gasteiger charge is -2.19. The van der Waals surface area contributed by atoms with Crippen molar-refractivity contribution in [2.45, 2.75) is 26.0 Å². The molecule has 1 aromatic rings. The highest BCUT2D eigenvalue weighted by atomic mass is 16.5. The first-order chi connectivity index (χ1) is 7.52. The normalized spacial score (nSPS) is 13.9. The lowest BCUT2D eigenvalue weighted by molar-refractivity contribution is 0.0535. The number of cyclic esters (lactones) is 1. The Hall–Kier alpha value is -2.02. The van der Waals surface area contributed by atoms with Crippen LogP contribution < -0.4 is 5.32 Å². The van der Waals surface area contributed by atoms with Crippen molar-refractivity contribution in [1.29, 1.82) is 5.26 Å². The number of ether oxygens (including phenoxy) is 1. The minimum absolute atomic E-state index is 0.277. The molecule has 0 atom stereocenters. The van der Waals surface area contributed by atoms with Crippen LogP contribution in [0.1, 0.15) is 29.8 Å². The van der Waals surface area contributed by atoms with E-state index in [0.717, 1.165) is 11.3 Å². The summed E-state index contributed by atoms with van der Waals surface area (Å²) >= 11 is 0. The molecule has 0 fully saturated rings. The number of carbonyl (C=O) groups excluding carboxylic acids is 1. The van der Waals surface area contributed by atoms with Crippen molar-refractivity contribution in [3.8, 4) is 6.07 Å². The van der Waals surface area contributed by atoms with E-state index < -0.39 is 5.54 Å². The van der Waals surface area contributed by atoms with E-state index in [-0.39, 0.29) is 5.97 Å². The number of rotatable bonds is 2. The Kier molecular flexibility index (Phi) is 2.31. The molecule has 1 aliphatic heterocycles. The summed E-state index contributed by atoms with van der Waals surface area (Å²) in [5, 5.41) is 12.0. The van der Waals surface area contributed by atoms with Gasteiger partial charge in [0.15, 0.2) is 0 Å². The Morgan fingerprint density at radius 1 is 1.50 bits per heavy atom. The van der Waals surface area contributed by atoms with E-state index >= 15 is 0 Å². The van der Waals surface area contributed by atoms with E-state index in [4.69, 9.17) is 10.00 Å². The number of fused-ring (bicyclic) bond motifs is 1. The first-order valence-corrected chi connectivity index (χ1v) is 5.01. The second kappa shape index (κ2) is 3.53. The van der Waals surface area contributed by atoms with Crippen molar-refractivity contribution in [3.63, 3.8) is 0 Å². The summed E-state index contributed by atoms with van der Waals surface area (Å²) in [4.78, 5) is 11.2. The van der Waals surface area contributed by atoms with Gasteiger partial charge in [0.05, 0.1) is 11.6 Å². The van der Waals surface area contributed by atoms with Crippen LogP contribution in [0.3, 0.4) is 0 Å². The van der Waals surface area contributed by atoms with Gasteiger partial charge in [0, 0.05) is 11.3 Å². The van der Waals surface area contributed by atoms with Crippen molar-refractivity contribution in [2.75, 3.05) is 5.32 Å². The maximum absolute atomic E-state index is 11.2. The number of benzene rings is 1. The van der Waals surface area contributed by atoms with Crippen molar-refractivity contribution in [2.24, 2.45) is 0 Å². The highest BCUT2D eigenvalue weighted by Gasteiger charge is 2.22. The fraction of sp³-hybridized carbons (Fsp3) is 0.333. The maximum atomic E-state index is 11.2. The summed E-state index contributed by atoms with van der Waals surface area (Å²) in [7, 11) is 0. The predicted octanol–water partition coefficient (Wildman–Crippen LogP) is 2.07. The molecule has 16 heavy (non-hydrogen) atoms. The van der Waals surface area contributed by atoms with E-state index in [9.17, 15) is 4.79 Å². The number of anilines is 1. The van der Waals surface area contributed by atoms with Gasteiger partial charge in [-0.1, -0.05) is 0 Å². The predicted molar refractivity (Wildman–Crippen MR) is 58.9 cm³/mol. The molecule has 1 aliphatic rings. The average Bonchev–Trinajstić information content (AvgIpc) is 2.60. The van der Waals surface area contributed by atoms with E-state index in [1.165, 1.54) is 0 Å². The summed E-state index contributed by atoms with van der Waals surface area (Å²) in [6, 6.07) is 7.51. The molecule has 2 rings (SSSR count). The number of nitrogens with one attached hydrogen (secondary N) is 1. The third kappa shape index (κ3) is 1.84. The van der Waals surface area contributed by atoms with E-state index in [1.54, 1.807) is 26.0 Å². The average molecular weight is 216 g/mol. The number of nitriles is 1. The minimum Gasteiger partial charge on any atom is -0.457 e. The Morgan fingerprint density at radius 3 is 2.94 bits per heavy atom. The molecule has 4 heteroatoms. The summed E-state index contributed by atoms with van der Waals surface area (Å²) in [5.41, 5.74) is 1.67. The monoisotopic (exact) mass is 216 g/mol. The third-order valence-electron chi connectivity index (χ3n) is 2.42. The molecule has 82 valence electrons. The van der Waals surface area contributed by atoms with Gasteiger partial charge in [0.25, 0.3) is 0 Å². The van der Waals surface area contributed by atoms with Crippen LogP contribution in [0.25, 0.3) is 0 Å². The van der Waals surface area contributed by atoms with Gasteiger partial charge < -0.3 is 10.1 Å². The lowest BCUT2D eigenvalue weighted by Crippen LogP contribution is -2.28. The Morgan fingerprint density at radius 2 is 2.25 bits per heavy atom. The minimum atomic E-state index is -0.627. The SMILES string of the molecule is CC(C)(C#N)Nc1ccc2c(c1)COC2=O. The molecule has 0 saturated carbocycles. The van der Waals surface area contributed by atoms with Crippen LogP contribution in [-0.4, -0.2) is 11.5 Å². The van der Waals surface area contributed by atoms with Gasteiger partial charge in [0.1, 0.15) is 12.1 Å². The molecule has 0 saturated heterocycles. The highest BCUT2D eigenvalue weighted by Crippen LogP contribution is 2.24. The van der Waals surface area contributed by atoms with Gasteiger partial charge in [-0.15, -0.1) is 0 Å². The maximum Gasteiger partial charge on any atom is 0.338 e. The van der Waals surface area contributed by atoms with Crippen LogP contribution in [0.4, 0.5) is 5.69 Å². The molecule has 0 unspecified atom stereocenters. The van der Waals surface area contributed by atoms with Gasteiger partial charge in [-0.3, -0.25) is 0 Å². The zero-order chi connectivity index (χ0) is 11.8. The molecular formula is C12H12N2O2. The summed E-state index contributed by atoms with van der Waals surface area (Å²) in [6.45, 7) is 3.90. The van der Waals surface area contributed by atoms with Gasteiger partial charge in [-0.2, -0.15) is 5.26 Å². The van der Waals surface area contributed by atoms with E-state index in [2.05, 4.69) is 11.4 Å². The number of carbonyl (C=O) groups is 1. The molecule has 1 heterocycles. The van der Waals surface area contributed by atoms with Crippen LogP contribution in [-0.2, 0) is 11.3 Å². The van der Waals surface area contributed by atoms with Crippen LogP contribution in [0.5, 0.6) is 0 Å². The van der Waals surface area contributed by atoms with Crippen molar-refractivity contribution < 1.29 is 9.53 Å². The molecule has 0 bridgehead atoms. The topological polar surface area (TPSA) is 62.1 Å². The van der Waals surface area contributed by atoms with Gasteiger partial charge >= 0.3 is 5.97 Å². The Bertz CT molecular complexity index is 486. The Balaban J connectivity index is 2.27. The van der Waals surface area contributed by atoms with Crippen LogP contribution in [0, 0.1) is 11.3 Å². The van der Waals surface area contributed by atoms with Crippen molar-refractivity contribution in [1.82, 2.24) is 0 Å². The van der Waals surface area contributed by atoms with Crippen molar-refractivity contribution in [3.05, 3.63) is 29.3 Å². The molecular weight excluding hydrogens is 204 g/mol. The fourth-order valence-electron chi connectivity index (χ4n) is 1.60. The first-order valence-electron chi connectivity index (χ1n) is 5.01. The smallest absolute Gasteiger partial charge is 0.338 e. The fourth-order valence-corrected chi connectivity index (χ4v) is 1.60. The third-order valence-corrected chi connectivity index (χ3v) is 2.42. The zero-order valence-electron chi connectivity index (χ0n) is 9.20. The molecule has 0 aliphatic carbocycles. The first kappa shape index (κ1) is 10.5. The molecule has 0 aromatic heterocycles. The van der Waals surface area contributed by atoms with E-state index in [0.29, 0.717) is 12.2 Å². The standard InChI is InChI=1S/C12H12N2O2/c1-12(2,7-13)14-9-3-4-10-8(5-9)6-16-11(10)15/h3-5,14H,6H2,1-2H3. The second-order valence-electron chi connectivity index (χ2n) is 4.31. The zero-order valence-corrected chi connectivity index (χ0v) is 9.20. The molecule has 4 nitrogen and oxygen atoms in total.